The van der Waals surface area contributed by atoms with Crippen molar-refractivity contribution in [3.63, 3.8) is 0 Å². The highest BCUT2D eigenvalue weighted by Gasteiger charge is 2.38. The fraction of sp³-hybridized carbons (Fsp3) is 0. The van der Waals surface area contributed by atoms with Crippen molar-refractivity contribution in [1.29, 1.82) is 0 Å². The Morgan fingerprint density at radius 1 is 1.11 bits per heavy atom. The van der Waals surface area contributed by atoms with Crippen LogP contribution in [0.25, 0.3) is 0 Å². The Balaban J connectivity index is 2.16. The van der Waals surface area contributed by atoms with Crippen molar-refractivity contribution in [2.45, 2.75) is 0 Å². The van der Waals surface area contributed by atoms with E-state index in [1.165, 1.54) is 18.3 Å². The van der Waals surface area contributed by atoms with Gasteiger partial charge in [0.05, 0.1) is 16.1 Å². The van der Waals surface area contributed by atoms with Crippen LogP contribution in [0.1, 0.15) is 20.7 Å². The van der Waals surface area contributed by atoms with E-state index in [1.54, 1.807) is 18.2 Å². The number of nitrogen functional groups attached to an aromatic ring is 1. The summed E-state index contributed by atoms with van der Waals surface area (Å²) < 4.78 is 0. The van der Waals surface area contributed by atoms with Crippen molar-refractivity contribution in [2.75, 3.05) is 10.6 Å². The van der Waals surface area contributed by atoms with Gasteiger partial charge in [-0.15, -0.1) is 0 Å². The Morgan fingerprint density at radius 2 is 1.84 bits per heavy atom. The number of carbonyl (C=O) groups excluding carboxylic acids is 2. The Bertz CT molecular complexity index is 715. The number of carbonyl (C=O) groups is 2. The fourth-order valence-corrected chi connectivity index (χ4v) is 2.20. The minimum absolute atomic E-state index is 0.133. The molecular formula is C13H8ClN3O2. The standard InChI is InChI=1S/C13H8ClN3O2/c14-10-2-1-5-16-11(10)17-12(18)8-4-3-7(15)6-9(8)13(17)19/h1-6H,15H2. The van der Waals surface area contributed by atoms with Crippen molar-refractivity contribution >= 4 is 34.9 Å². The zero-order valence-electron chi connectivity index (χ0n) is 9.63. The number of halogens is 1. The Labute approximate surface area is 113 Å². The lowest BCUT2D eigenvalue weighted by Gasteiger charge is -2.13. The van der Waals surface area contributed by atoms with E-state index in [0.717, 1.165) is 4.90 Å². The Morgan fingerprint density at radius 3 is 2.58 bits per heavy atom. The lowest BCUT2D eigenvalue weighted by molar-refractivity contribution is 0.0925. The van der Waals surface area contributed by atoms with Crippen LogP contribution in [0.5, 0.6) is 0 Å². The average molecular weight is 274 g/mol. The van der Waals surface area contributed by atoms with Gasteiger partial charge in [-0.05, 0) is 30.3 Å². The van der Waals surface area contributed by atoms with Gasteiger partial charge in [-0.1, -0.05) is 11.6 Å². The number of anilines is 2. The van der Waals surface area contributed by atoms with Crippen LogP contribution in [-0.2, 0) is 0 Å². The molecule has 6 heteroatoms. The predicted molar refractivity (Wildman–Crippen MR) is 71.2 cm³/mol. The molecular weight excluding hydrogens is 266 g/mol. The third kappa shape index (κ3) is 1.67. The lowest BCUT2D eigenvalue weighted by atomic mass is 10.1. The second-order valence-electron chi connectivity index (χ2n) is 4.06. The SMILES string of the molecule is Nc1ccc2c(c1)C(=O)N(c1ncccc1Cl)C2=O. The van der Waals surface area contributed by atoms with E-state index in [2.05, 4.69) is 4.98 Å². The molecule has 2 N–H and O–H groups in total. The third-order valence-corrected chi connectivity index (χ3v) is 3.16. The summed E-state index contributed by atoms with van der Waals surface area (Å²) >= 11 is 5.98. The maximum Gasteiger partial charge on any atom is 0.267 e. The van der Waals surface area contributed by atoms with Crippen molar-refractivity contribution in [3.8, 4) is 0 Å². The highest BCUT2D eigenvalue weighted by molar-refractivity contribution is 6.39. The number of pyridine rings is 1. The first-order valence-electron chi connectivity index (χ1n) is 5.48. The summed E-state index contributed by atoms with van der Waals surface area (Å²) in [4.78, 5) is 29.5. The number of rotatable bonds is 1. The summed E-state index contributed by atoms with van der Waals surface area (Å²) in [5, 5.41) is 0.241. The molecule has 0 radical (unpaired) electrons. The van der Waals surface area contributed by atoms with Gasteiger partial charge in [0.2, 0.25) is 0 Å². The molecule has 3 rings (SSSR count). The van der Waals surface area contributed by atoms with Crippen LogP contribution >= 0.6 is 11.6 Å². The van der Waals surface area contributed by atoms with Gasteiger partial charge < -0.3 is 5.73 Å². The summed E-state index contributed by atoms with van der Waals surface area (Å²) in [6, 6.07) is 7.78. The number of hydrogen-bond donors (Lipinski definition) is 1. The van der Waals surface area contributed by atoms with Crippen LogP contribution in [0, 0.1) is 0 Å². The molecule has 0 unspecified atom stereocenters. The summed E-state index contributed by atoms with van der Waals surface area (Å²) in [5.41, 5.74) is 6.63. The number of imide groups is 1. The molecule has 1 aromatic carbocycles. The number of amides is 2. The van der Waals surface area contributed by atoms with Gasteiger partial charge in [-0.25, -0.2) is 9.88 Å². The molecule has 5 nitrogen and oxygen atoms in total. The number of fused-ring (bicyclic) bond motifs is 1. The summed E-state index contributed by atoms with van der Waals surface area (Å²) in [6.45, 7) is 0. The largest absolute Gasteiger partial charge is 0.399 e. The van der Waals surface area contributed by atoms with Gasteiger partial charge >= 0.3 is 0 Å². The molecule has 19 heavy (non-hydrogen) atoms. The zero-order chi connectivity index (χ0) is 13.6. The Kier molecular flexibility index (Phi) is 2.50. The molecule has 0 atom stereocenters. The van der Waals surface area contributed by atoms with Crippen LogP contribution in [0.2, 0.25) is 5.02 Å². The zero-order valence-corrected chi connectivity index (χ0v) is 10.4. The molecule has 2 aromatic rings. The van der Waals surface area contributed by atoms with Crippen molar-refractivity contribution in [3.05, 3.63) is 52.7 Å². The average Bonchev–Trinajstić information content (AvgIpc) is 2.63. The summed E-state index contributed by atoms with van der Waals surface area (Å²) in [6.07, 6.45) is 1.47. The van der Waals surface area contributed by atoms with Gasteiger partial charge in [-0.2, -0.15) is 0 Å². The van der Waals surface area contributed by atoms with Gasteiger partial charge in [0.1, 0.15) is 0 Å². The normalized spacial score (nSPS) is 13.8. The number of nitrogens with two attached hydrogens (primary N) is 1. The second kappa shape index (κ2) is 4.07. The number of hydrogen-bond acceptors (Lipinski definition) is 4. The molecule has 0 aliphatic carbocycles. The van der Waals surface area contributed by atoms with Gasteiger partial charge in [-0.3, -0.25) is 9.59 Å². The molecule has 0 saturated heterocycles. The molecule has 1 aromatic heterocycles. The minimum atomic E-state index is -0.465. The van der Waals surface area contributed by atoms with Crippen LogP contribution in [0.15, 0.2) is 36.5 Å². The number of benzene rings is 1. The molecule has 2 amide bonds. The topological polar surface area (TPSA) is 76.3 Å². The first-order valence-corrected chi connectivity index (χ1v) is 5.86. The number of aromatic nitrogens is 1. The number of nitrogens with zero attached hydrogens (tertiary/aromatic N) is 2. The smallest absolute Gasteiger partial charge is 0.267 e. The quantitative estimate of drug-likeness (QED) is 0.638. The predicted octanol–water partition coefficient (Wildman–Crippen LogP) is 2.12. The molecule has 0 fully saturated rings. The van der Waals surface area contributed by atoms with Crippen LogP contribution in [0.3, 0.4) is 0 Å². The monoisotopic (exact) mass is 273 g/mol. The van der Waals surface area contributed by atoms with E-state index in [9.17, 15) is 9.59 Å². The van der Waals surface area contributed by atoms with Gasteiger partial charge in [0, 0.05) is 11.9 Å². The maximum atomic E-state index is 12.3. The maximum absolute atomic E-state index is 12.3. The fourth-order valence-electron chi connectivity index (χ4n) is 1.99. The first-order chi connectivity index (χ1) is 9.09. The summed E-state index contributed by atoms with van der Waals surface area (Å²) in [7, 11) is 0. The van der Waals surface area contributed by atoms with E-state index in [4.69, 9.17) is 17.3 Å². The Hall–Kier alpha value is -2.40. The van der Waals surface area contributed by atoms with E-state index in [0.29, 0.717) is 11.3 Å². The van der Waals surface area contributed by atoms with Gasteiger partial charge in [0.15, 0.2) is 5.82 Å². The molecule has 1 aliphatic rings. The van der Waals surface area contributed by atoms with Crippen molar-refractivity contribution < 1.29 is 9.59 Å². The molecule has 1 aliphatic heterocycles. The van der Waals surface area contributed by atoms with Crippen molar-refractivity contribution in [2.24, 2.45) is 0 Å². The molecule has 0 saturated carbocycles. The highest BCUT2D eigenvalue weighted by Crippen LogP contribution is 2.31. The molecule has 2 heterocycles. The van der Waals surface area contributed by atoms with E-state index in [1.807, 2.05) is 0 Å². The molecule has 94 valence electrons. The van der Waals surface area contributed by atoms with Crippen LogP contribution < -0.4 is 10.6 Å². The second-order valence-corrected chi connectivity index (χ2v) is 4.47. The van der Waals surface area contributed by atoms with Crippen LogP contribution in [0.4, 0.5) is 11.5 Å². The van der Waals surface area contributed by atoms with E-state index in [-0.39, 0.29) is 16.4 Å². The van der Waals surface area contributed by atoms with Crippen molar-refractivity contribution in [1.82, 2.24) is 4.98 Å². The third-order valence-electron chi connectivity index (χ3n) is 2.86. The van der Waals surface area contributed by atoms with Gasteiger partial charge in [0.25, 0.3) is 11.8 Å². The highest BCUT2D eigenvalue weighted by atomic mass is 35.5. The van der Waals surface area contributed by atoms with E-state index < -0.39 is 11.8 Å². The van der Waals surface area contributed by atoms with Crippen LogP contribution in [-0.4, -0.2) is 16.8 Å². The molecule has 0 spiro atoms. The minimum Gasteiger partial charge on any atom is -0.399 e. The first kappa shape index (κ1) is 11.7. The lowest BCUT2D eigenvalue weighted by Crippen LogP contribution is -2.30. The molecule has 0 bridgehead atoms. The van der Waals surface area contributed by atoms with E-state index >= 15 is 0 Å². The summed E-state index contributed by atoms with van der Waals surface area (Å²) in [5.74, 6) is -0.776.